The van der Waals surface area contributed by atoms with Gasteiger partial charge in [0.15, 0.2) is 0 Å². The van der Waals surface area contributed by atoms with E-state index >= 15 is 0 Å². The molecule has 2 aliphatic rings. The van der Waals surface area contributed by atoms with Crippen LogP contribution in [0.2, 0.25) is 0 Å². The highest BCUT2D eigenvalue weighted by Gasteiger charge is 2.42. The lowest BCUT2D eigenvalue weighted by molar-refractivity contribution is -0.186. The van der Waals surface area contributed by atoms with Crippen molar-refractivity contribution in [2.24, 2.45) is 17.8 Å². The van der Waals surface area contributed by atoms with Crippen molar-refractivity contribution >= 4 is 0 Å². The molecular weight excluding hydrogens is 545 g/mol. The van der Waals surface area contributed by atoms with Crippen LogP contribution < -0.4 is 4.74 Å². The van der Waals surface area contributed by atoms with E-state index in [1.165, 1.54) is 76.3 Å². The molecule has 8 heteroatoms. The van der Waals surface area contributed by atoms with Crippen LogP contribution in [0.25, 0.3) is 0 Å². The third-order valence-electron chi connectivity index (χ3n) is 9.27. The first-order valence-corrected chi connectivity index (χ1v) is 15.2. The number of halogens is 7. The summed E-state index contributed by atoms with van der Waals surface area (Å²) in [6, 6.07) is 6.07. The maximum Gasteiger partial charge on any atom is 0.426 e. The highest BCUT2D eigenvalue weighted by atomic mass is 19.4. The number of benzene rings is 2. The summed E-state index contributed by atoms with van der Waals surface area (Å²) < 4.78 is 99.8. The molecule has 2 saturated carbocycles. The third-order valence-corrected chi connectivity index (χ3v) is 9.27. The van der Waals surface area contributed by atoms with Crippen molar-refractivity contribution in [1.82, 2.24) is 0 Å². The molecule has 0 unspecified atom stereocenters. The summed E-state index contributed by atoms with van der Waals surface area (Å²) in [5.41, 5.74) is -2.52. The second-order valence-corrected chi connectivity index (χ2v) is 12.2. The zero-order chi connectivity index (χ0) is 29.6. The Morgan fingerprint density at radius 3 is 1.66 bits per heavy atom. The average Bonchev–Trinajstić information content (AvgIpc) is 2.92. The lowest BCUT2D eigenvalue weighted by Crippen LogP contribution is -2.23. The maximum absolute atomic E-state index is 14.6. The number of rotatable bonds is 11. The minimum Gasteiger partial charge on any atom is -0.429 e. The molecule has 228 valence electrons. The predicted molar refractivity (Wildman–Crippen MR) is 146 cm³/mol. The van der Waals surface area contributed by atoms with E-state index in [0.29, 0.717) is 5.92 Å². The van der Waals surface area contributed by atoms with Gasteiger partial charge in [0, 0.05) is 0 Å². The summed E-state index contributed by atoms with van der Waals surface area (Å²) in [6.45, 7) is 2.26. The third kappa shape index (κ3) is 8.63. The Kier molecular flexibility index (Phi) is 10.7. The van der Waals surface area contributed by atoms with E-state index in [-0.39, 0.29) is 17.9 Å². The summed E-state index contributed by atoms with van der Waals surface area (Å²) in [4.78, 5) is 0. The zero-order valence-corrected chi connectivity index (χ0v) is 23.7. The van der Waals surface area contributed by atoms with Crippen LogP contribution in [0.3, 0.4) is 0 Å². The van der Waals surface area contributed by atoms with Crippen LogP contribution in [0.4, 0.5) is 30.7 Å². The van der Waals surface area contributed by atoms with Crippen molar-refractivity contribution in [2.75, 3.05) is 0 Å². The van der Waals surface area contributed by atoms with Crippen molar-refractivity contribution < 1.29 is 35.5 Å². The Bertz CT molecular complexity index is 1070. The van der Waals surface area contributed by atoms with E-state index < -0.39 is 35.0 Å². The topological polar surface area (TPSA) is 9.23 Å². The molecule has 2 fully saturated rings. The molecule has 0 spiro atoms. The Morgan fingerprint density at radius 2 is 1.17 bits per heavy atom. The van der Waals surface area contributed by atoms with Crippen molar-refractivity contribution in [3.8, 4) is 5.75 Å². The Morgan fingerprint density at radius 1 is 0.683 bits per heavy atom. The van der Waals surface area contributed by atoms with Crippen LogP contribution in [0.15, 0.2) is 36.4 Å². The first kappa shape index (κ1) is 31.7. The zero-order valence-electron chi connectivity index (χ0n) is 23.7. The van der Waals surface area contributed by atoms with Crippen molar-refractivity contribution in [3.05, 3.63) is 64.7 Å². The highest BCUT2D eigenvalue weighted by Crippen LogP contribution is 2.42. The van der Waals surface area contributed by atoms with Crippen LogP contribution in [-0.4, -0.2) is 0 Å². The molecule has 2 aromatic rings. The van der Waals surface area contributed by atoms with E-state index in [1.54, 1.807) is 12.1 Å². The normalized spacial score (nSPS) is 23.9. The molecule has 2 aliphatic carbocycles. The quantitative estimate of drug-likeness (QED) is 0.188. The van der Waals surface area contributed by atoms with Gasteiger partial charge in [0.05, 0.1) is 5.56 Å². The molecule has 0 aliphatic heterocycles. The fraction of sp³-hybridized carbons (Fsp3) is 0.636. The summed E-state index contributed by atoms with van der Waals surface area (Å²) in [6.07, 6.45) is 8.38. The minimum atomic E-state index is -5.34. The SMILES string of the molecule is CCCCCC1CCC(CCC2CCC(c3ccc(OC(F)(F)c4cc(F)c(C(F)(F)F)c(F)c4)cc3)CC2)CC1. The Labute approximate surface area is 238 Å². The van der Waals surface area contributed by atoms with Gasteiger partial charge in [0.1, 0.15) is 22.9 Å². The molecule has 0 amide bonds. The lowest BCUT2D eigenvalue weighted by Gasteiger charge is -2.32. The average molecular weight is 587 g/mol. The fourth-order valence-electron chi connectivity index (χ4n) is 6.77. The van der Waals surface area contributed by atoms with Crippen LogP contribution in [0.5, 0.6) is 5.75 Å². The number of unbranched alkanes of at least 4 members (excludes halogenated alkanes) is 2. The fourth-order valence-corrected chi connectivity index (χ4v) is 6.77. The summed E-state index contributed by atoms with van der Waals surface area (Å²) >= 11 is 0. The molecule has 0 saturated heterocycles. The van der Waals surface area contributed by atoms with E-state index in [1.807, 2.05) is 0 Å². The molecule has 1 nitrogen and oxygen atoms in total. The van der Waals surface area contributed by atoms with Gasteiger partial charge in [0.25, 0.3) is 0 Å². The molecule has 4 rings (SSSR count). The number of hydrogen-bond acceptors (Lipinski definition) is 1. The molecule has 0 heterocycles. The van der Waals surface area contributed by atoms with Gasteiger partial charge in [0.2, 0.25) is 0 Å². The Hall–Kier alpha value is -2.25. The van der Waals surface area contributed by atoms with Crippen LogP contribution in [0.1, 0.15) is 119 Å². The molecule has 0 N–H and O–H groups in total. The molecule has 0 radical (unpaired) electrons. The number of hydrogen-bond donors (Lipinski definition) is 0. The molecule has 0 bridgehead atoms. The molecule has 0 aromatic heterocycles. The van der Waals surface area contributed by atoms with Gasteiger partial charge in [-0.1, -0.05) is 83.3 Å². The second kappa shape index (κ2) is 13.8. The summed E-state index contributed by atoms with van der Waals surface area (Å²) in [5, 5.41) is 0. The summed E-state index contributed by atoms with van der Waals surface area (Å²) in [7, 11) is 0. The summed E-state index contributed by atoms with van der Waals surface area (Å²) in [5.74, 6) is -1.60. The highest BCUT2D eigenvalue weighted by molar-refractivity contribution is 5.33. The van der Waals surface area contributed by atoms with E-state index in [0.717, 1.165) is 49.0 Å². The van der Waals surface area contributed by atoms with Gasteiger partial charge in [-0.05, 0) is 79.2 Å². The van der Waals surface area contributed by atoms with Gasteiger partial charge in [-0.25, -0.2) is 8.78 Å². The smallest absolute Gasteiger partial charge is 0.426 e. The largest absolute Gasteiger partial charge is 0.429 e. The van der Waals surface area contributed by atoms with Crippen LogP contribution in [0, 0.1) is 29.4 Å². The van der Waals surface area contributed by atoms with E-state index in [9.17, 15) is 30.7 Å². The minimum absolute atomic E-state index is 0.0433. The molecule has 41 heavy (non-hydrogen) atoms. The Balaban J connectivity index is 1.23. The van der Waals surface area contributed by atoms with Gasteiger partial charge in [-0.2, -0.15) is 22.0 Å². The van der Waals surface area contributed by atoms with E-state index in [2.05, 4.69) is 11.7 Å². The maximum atomic E-state index is 14.6. The van der Waals surface area contributed by atoms with Crippen molar-refractivity contribution in [2.45, 2.75) is 115 Å². The van der Waals surface area contributed by atoms with E-state index in [4.69, 9.17) is 0 Å². The lowest BCUT2D eigenvalue weighted by atomic mass is 9.74. The van der Waals surface area contributed by atoms with Gasteiger partial charge in [-0.15, -0.1) is 0 Å². The molecule has 2 aromatic carbocycles. The molecular formula is C33H41F7O. The van der Waals surface area contributed by atoms with Gasteiger partial charge < -0.3 is 4.74 Å². The monoisotopic (exact) mass is 586 g/mol. The second-order valence-electron chi connectivity index (χ2n) is 12.2. The predicted octanol–water partition coefficient (Wildman–Crippen LogP) is 11.6. The number of ether oxygens (including phenoxy) is 1. The van der Waals surface area contributed by atoms with Crippen molar-refractivity contribution in [3.63, 3.8) is 0 Å². The standard InChI is InChI=1S/C33H41F7O/c1-2-3-4-5-22-6-8-23(9-7-22)10-11-24-12-14-25(15-13-24)26-16-18-28(19-17-26)41-33(39,40)27-20-29(34)31(30(35)21-27)32(36,37)38/h16-25H,2-15H2,1H3. The van der Waals surface area contributed by atoms with Gasteiger partial charge >= 0.3 is 12.3 Å². The molecule has 0 atom stereocenters. The van der Waals surface area contributed by atoms with Gasteiger partial charge in [-0.3, -0.25) is 0 Å². The van der Waals surface area contributed by atoms with Crippen LogP contribution >= 0.6 is 0 Å². The first-order valence-electron chi connectivity index (χ1n) is 15.2. The van der Waals surface area contributed by atoms with Crippen LogP contribution in [-0.2, 0) is 12.3 Å². The van der Waals surface area contributed by atoms with Crippen molar-refractivity contribution in [1.29, 1.82) is 0 Å². The first-order chi connectivity index (χ1) is 19.5. The number of alkyl halides is 5.